The fraction of sp³-hybridized carbons (Fsp3) is 0.0714. The normalized spacial score (nSPS) is 10.1. The lowest BCUT2D eigenvalue weighted by Crippen LogP contribution is -2.20. The Morgan fingerprint density at radius 1 is 1.23 bits per heavy atom. The maximum absolute atomic E-state index is 13.3. The molecule has 22 heavy (non-hydrogen) atoms. The molecular formula is C14H10F2N2O4. The van der Waals surface area contributed by atoms with Gasteiger partial charge in [0.2, 0.25) is 0 Å². The van der Waals surface area contributed by atoms with Crippen molar-refractivity contribution in [3.8, 4) is 5.75 Å². The van der Waals surface area contributed by atoms with E-state index in [1.165, 1.54) is 18.2 Å². The van der Waals surface area contributed by atoms with Crippen LogP contribution in [0.4, 0.5) is 20.2 Å². The number of carbonyl (C=O) groups is 1. The van der Waals surface area contributed by atoms with Gasteiger partial charge in [-0.25, -0.2) is 8.78 Å². The minimum absolute atomic E-state index is 0.115. The van der Waals surface area contributed by atoms with Crippen LogP contribution in [0, 0.1) is 21.7 Å². The summed E-state index contributed by atoms with van der Waals surface area (Å²) >= 11 is 0. The summed E-state index contributed by atoms with van der Waals surface area (Å²) in [6.45, 7) is -0.503. The fourth-order valence-corrected chi connectivity index (χ4v) is 1.62. The number of non-ortho nitro benzene ring substituents is 1. The fourth-order valence-electron chi connectivity index (χ4n) is 1.62. The van der Waals surface area contributed by atoms with Crippen LogP contribution in [0.2, 0.25) is 0 Å². The number of ether oxygens (including phenoxy) is 1. The number of nitrogens with one attached hydrogen (secondary N) is 1. The Hall–Kier alpha value is -3.03. The summed E-state index contributed by atoms with van der Waals surface area (Å²) in [5.74, 6) is -2.10. The van der Waals surface area contributed by atoms with E-state index in [0.29, 0.717) is 0 Å². The van der Waals surface area contributed by atoms with E-state index in [1.54, 1.807) is 0 Å². The molecule has 0 radical (unpaired) electrons. The van der Waals surface area contributed by atoms with Crippen LogP contribution < -0.4 is 10.1 Å². The molecular weight excluding hydrogens is 298 g/mol. The van der Waals surface area contributed by atoms with E-state index < -0.39 is 29.1 Å². The van der Waals surface area contributed by atoms with Crippen LogP contribution in [0.5, 0.6) is 5.75 Å². The Morgan fingerprint density at radius 3 is 2.73 bits per heavy atom. The largest absolute Gasteiger partial charge is 0.484 e. The Balaban J connectivity index is 1.97. The molecule has 0 bridgehead atoms. The number of carbonyl (C=O) groups excluding carboxylic acids is 1. The average molecular weight is 308 g/mol. The quantitative estimate of drug-likeness (QED) is 0.680. The maximum Gasteiger partial charge on any atom is 0.273 e. The predicted octanol–water partition coefficient (Wildman–Crippen LogP) is 2.89. The SMILES string of the molecule is O=C(COc1cccc([N+](=O)[O-])c1)Nc1cc(F)ccc1F. The minimum atomic E-state index is -0.787. The van der Waals surface area contributed by atoms with Gasteiger partial charge >= 0.3 is 0 Å². The van der Waals surface area contributed by atoms with Gasteiger partial charge < -0.3 is 10.1 Å². The first-order valence-corrected chi connectivity index (χ1v) is 6.08. The molecule has 0 saturated heterocycles. The molecule has 0 aliphatic carbocycles. The molecule has 8 heteroatoms. The van der Waals surface area contributed by atoms with Crippen LogP contribution in [0.15, 0.2) is 42.5 Å². The van der Waals surface area contributed by atoms with Gasteiger partial charge in [-0.1, -0.05) is 6.07 Å². The lowest BCUT2D eigenvalue weighted by Gasteiger charge is -2.08. The molecule has 0 heterocycles. The Kier molecular flexibility index (Phi) is 4.62. The third-order valence-corrected chi connectivity index (χ3v) is 2.60. The van der Waals surface area contributed by atoms with Crippen molar-refractivity contribution in [2.24, 2.45) is 0 Å². The number of nitro groups is 1. The monoisotopic (exact) mass is 308 g/mol. The van der Waals surface area contributed by atoms with Gasteiger partial charge in [0.1, 0.15) is 17.4 Å². The number of nitrogens with zero attached hydrogens (tertiary/aromatic N) is 1. The van der Waals surface area contributed by atoms with Gasteiger partial charge in [-0.15, -0.1) is 0 Å². The summed E-state index contributed by atoms with van der Waals surface area (Å²) in [6, 6.07) is 7.89. The number of nitro benzene ring substituents is 1. The second-order valence-electron chi connectivity index (χ2n) is 4.22. The lowest BCUT2D eigenvalue weighted by molar-refractivity contribution is -0.384. The number of hydrogen-bond donors (Lipinski definition) is 1. The highest BCUT2D eigenvalue weighted by Crippen LogP contribution is 2.19. The molecule has 0 aliphatic heterocycles. The molecule has 2 rings (SSSR count). The summed E-state index contributed by atoms with van der Waals surface area (Å²) in [5, 5.41) is 12.7. The first-order chi connectivity index (χ1) is 10.5. The first kappa shape index (κ1) is 15.4. The number of anilines is 1. The highest BCUT2D eigenvalue weighted by Gasteiger charge is 2.10. The zero-order valence-corrected chi connectivity index (χ0v) is 11.1. The zero-order chi connectivity index (χ0) is 16.1. The van der Waals surface area contributed by atoms with Crippen molar-refractivity contribution in [2.75, 3.05) is 11.9 Å². The van der Waals surface area contributed by atoms with E-state index in [-0.39, 0.29) is 17.1 Å². The molecule has 6 nitrogen and oxygen atoms in total. The van der Waals surface area contributed by atoms with E-state index in [0.717, 1.165) is 24.3 Å². The van der Waals surface area contributed by atoms with Crippen molar-refractivity contribution >= 4 is 17.3 Å². The molecule has 0 aromatic heterocycles. The standard InChI is InChI=1S/C14H10F2N2O4/c15-9-4-5-12(16)13(6-9)17-14(19)8-22-11-3-1-2-10(7-11)18(20)21/h1-7H,8H2,(H,17,19). The summed E-state index contributed by atoms with van der Waals surface area (Å²) < 4.78 is 31.4. The van der Waals surface area contributed by atoms with Gasteiger partial charge in [0.05, 0.1) is 16.7 Å². The van der Waals surface area contributed by atoms with Crippen LogP contribution in [-0.4, -0.2) is 17.4 Å². The van der Waals surface area contributed by atoms with Crippen LogP contribution in [0.1, 0.15) is 0 Å². The van der Waals surface area contributed by atoms with Gasteiger partial charge in [0.25, 0.3) is 11.6 Å². The van der Waals surface area contributed by atoms with E-state index in [2.05, 4.69) is 5.32 Å². The summed E-state index contributed by atoms with van der Waals surface area (Å²) in [4.78, 5) is 21.6. The van der Waals surface area contributed by atoms with Crippen LogP contribution in [-0.2, 0) is 4.79 Å². The van der Waals surface area contributed by atoms with Crippen molar-refractivity contribution in [3.05, 3.63) is 64.2 Å². The molecule has 0 saturated carbocycles. The number of hydrogen-bond acceptors (Lipinski definition) is 4. The number of rotatable bonds is 5. The second kappa shape index (κ2) is 6.61. The van der Waals surface area contributed by atoms with E-state index in [9.17, 15) is 23.7 Å². The number of amides is 1. The molecule has 2 aromatic rings. The van der Waals surface area contributed by atoms with Gasteiger partial charge in [-0.2, -0.15) is 0 Å². The molecule has 2 aromatic carbocycles. The highest BCUT2D eigenvalue weighted by molar-refractivity contribution is 5.92. The maximum atomic E-state index is 13.3. The van der Waals surface area contributed by atoms with Gasteiger partial charge in [0.15, 0.2) is 6.61 Å². The first-order valence-electron chi connectivity index (χ1n) is 6.08. The Labute approximate surface area is 123 Å². The molecule has 0 aliphatic rings. The number of benzene rings is 2. The predicted molar refractivity (Wildman–Crippen MR) is 73.6 cm³/mol. The van der Waals surface area contributed by atoms with Crippen LogP contribution >= 0.6 is 0 Å². The summed E-state index contributed by atoms with van der Waals surface area (Å²) in [5.41, 5.74) is -0.498. The van der Waals surface area contributed by atoms with Crippen LogP contribution in [0.25, 0.3) is 0 Å². The number of halogens is 2. The Bertz CT molecular complexity index is 722. The third kappa shape index (κ3) is 3.98. The molecule has 1 amide bonds. The average Bonchev–Trinajstić information content (AvgIpc) is 2.49. The molecule has 0 atom stereocenters. The van der Waals surface area contributed by atoms with E-state index in [1.807, 2.05) is 0 Å². The summed E-state index contributed by atoms with van der Waals surface area (Å²) in [6.07, 6.45) is 0. The van der Waals surface area contributed by atoms with Crippen molar-refractivity contribution in [3.63, 3.8) is 0 Å². The van der Waals surface area contributed by atoms with Gasteiger partial charge in [-0.3, -0.25) is 14.9 Å². The molecule has 1 N–H and O–H groups in total. The van der Waals surface area contributed by atoms with Crippen molar-refractivity contribution in [1.29, 1.82) is 0 Å². The molecule has 0 spiro atoms. The van der Waals surface area contributed by atoms with Crippen molar-refractivity contribution in [1.82, 2.24) is 0 Å². The summed E-state index contributed by atoms with van der Waals surface area (Å²) in [7, 11) is 0. The van der Waals surface area contributed by atoms with Crippen LogP contribution in [0.3, 0.4) is 0 Å². The van der Waals surface area contributed by atoms with Crippen molar-refractivity contribution in [2.45, 2.75) is 0 Å². The third-order valence-electron chi connectivity index (χ3n) is 2.60. The van der Waals surface area contributed by atoms with Gasteiger partial charge in [0, 0.05) is 12.1 Å². The second-order valence-corrected chi connectivity index (χ2v) is 4.22. The smallest absolute Gasteiger partial charge is 0.273 e. The molecule has 0 unspecified atom stereocenters. The minimum Gasteiger partial charge on any atom is -0.484 e. The molecule has 114 valence electrons. The van der Waals surface area contributed by atoms with E-state index in [4.69, 9.17) is 4.74 Å². The zero-order valence-electron chi connectivity index (χ0n) is 11.1. The topological polar surface area (TPSA) is 81.5 Å². The van der Waals surface area contributed by atoms with E-state index >= 15 is 0 Å². The lowest BCUT2D eigenvalue weighted by atomic mass is 10.3. The molecule has 0 fully saturated rings. The van der Waals surface area contributed by atoms with Gasteiger partial charge in [-0.05, 0) is 18.2 Å². The highest BCUT2D eigenvalue weighted by atomic mass is 19.1. The Morgan fingerprint density at radius 2 is 2.00 bits per heavy atom. The van der Waals surface area contributed by atoms with Crippen molar-refractivity contribution < 1.29 is 23.2 Å².